The number of fused-ring (bicyclic) bond motifs is 1. The first-order valence-electron chi connectivity index (χ1n) is 10.6. The first-order valence-corrected chi connectivity index (χ1v) is 10.6. The van der Waals surface area contributed by atoms with Crippen molar-refractivity contribution in [1.29, 1.82) is 0 Å². The molecule has 0 unspecified atom stereocenters. The van der Waals surface area contributed by atoms with Crippen molar-refractivity contribution in [3.05, 3.63) is 59.5 Å². The van der Waals surface area contributed by atoms with Crippen LogP contribution in [0.3, 0.4) is 0 Å². The van der Waals surface area contributed by atoms with E-state index in [0.29, 0.717) is 23.2 Å². The highest BCUT2D eigenvalue weighted by molar-refractivity contribution is 6.04. The summed E-state index contributed by atoms with van der Waals surface area (Å²) < 4.78 is 12.5. The van der Waals surface area contributed by atoms with Gasteiger partial charge in [-0.2, -0.15) is 4.98 Å². The number of aromatic nitrogens is 4. The minimum absolute atomic E-state index is 0.238. The van der Waals surface area contributed by atoms with Gasteiger partial charge in [0.25, 0.3) is 5.91 Å². The fourth-order valence-corrected chi connectivity index (χ4v) is 3.75. The number of amides is 1. The van der Waals surface area contributed by atoms with Gasteiger partial charge in [0.15, 0.2) is 0 Å². The van der Waals surface area contributed by atoms with E-state index in [2.05, 4.69) is 25.8 Å². The summed E-state index contributed by atoms with van der Waals surface area (Å²) in [5.74, 6) is 0.221. The Bertz CT molecular complexity index is 1270. The van der Waals surface area contributed by atoms with E-state index in [-0.39, 0.29) is 11.9 Å². The monoisotopic (exact) mass is 432 g/mol. The highest BCUT2D eigenvalue weighted by Gasteiger charge is 2.18. The van der Waals surface area contributed by atoms with Crippen molar-refractivity contribution >= 4 is 23.3 Å². The first kappa shape index (κ1) is 20.2. The van der Waals surface area contributed by atoms with E-state index in [1.165, 1.54) is 0 Å². The smallest absolute Gasteiger partial charge is 0.322 e. The maximum absolute atomic E-state index is 13.0. The van der Waals surface area contributed by atoms with Gasteiger partial charge in [0.05, 0.1) is 6.20 Å². The third kappa shape index (κ3) is 4.06. The molecule has 0 spiro atoms. The number of ether oxygens (including phenoxy) is 1. The van der Waals surface area contributed by atoms with Gasteiger partial charge in [-0.1, -0.05) is 23.4 Å². The van der Waals surface area contributed by atoms with E-state index >= 15 is 0 Å². The molecule has 1 saturated heterocycles. The number of benzene rings is 1. The topological polar surface area (TPSA) is 107 Å². The number of hydrogen-bond donors (Lipinski definition) is 2. The first-order chi connectivity index (χ1) is 15.6. The van der Waals surface area contributed by atoms with Gasteiger partial charge in [-0.25, -0.2) is 4.98 Å². The molecule has 0 bridgehead atoms. The van der Waals surface area contributed by atoms with Gasteiger partial charge >= 0.3 is 6.01 Å². The molecule has 32 heavy (non-hydrogen) atoms. The predicted octanol–water partition coefficient (Wildman–Crippen LogP) is 3.84. The van der Waals surface area contributed by atoms with E-state index in [1.54, 1.807) is 10.6 Å². The Labute approximate surface area is 184 Å². The Balaban J connectivity index is 1.36. The van der Waals surface area contributed by atoms with Crippen LogP contribution in [-0.2, 0) is 4.74 Å². The molecule has 1 fully saturated rings. The summed E-state index contributed by atoms with van der Waals surface area (Å²) in [5, 5.41) is 10.4. The molecule has 1 aromatic carbocycles. The second-order valence-electron chi connectivity index (χ2n) is 8.02. The molecule has 2 N–H and O–H groups in total. The zero-order valence-electron chi connectivity index (χ0n) is 18.0. The van der Waals surface area contributed by atoms with Crippen molar-refractivity contribution in [3.63, 3.8) is 0 Å². The lowest BCUT2D eigenvalue weighted by atomic mass is 10.1. The average molecular weight is 432 g/mol. The minimum atomic E-state index is -0.238. The Morgan fingerprint density at radius 3 is 2.84 bits per heavy atom. The molecule has 1 aliphatic rings. The molecule has 3 aromatic heterocycles. The van der Waals surface area contributed by atoms with Gasteiger partial charge in [-0.3, -0.25) is 9.20 Å². The van der Waals surface area contributed by atoms with Crippen molar-refractivity contribution < 1.29 is 14.1 Å². The van der Waals surface area contributed by atoms with Crippen molar-refractivity contribution in [2.24, 2.45) is 0 Å². The molecule has 1 amide bonds. The summed E-state index contributed by atoms with van der Waals surface area (Å²) in [6.07, 6.45) is 5.28. The Morgan fingerprint density at radius 2 is 2.00 bits per heavy atom. The number of imidazole rings is 1. The molecule has 0 aliphatic carbocycles. The van der Waals surface area contributed by atoms with E-state index in [0.717, 1.165) is 48.4 Å². The van der Waals surface area contributed by atoms with E-state index in [4.69, 9.17) is 9.26 Å². The van der Waals surface area contributed by atoms with E-state index < -0.39 is 0 Å². The molecular weight excluding hydrogens is 408 g/mol. The number of nitrogens with one attached hydrogen (secondary N) is 2. The lowest BCUT2D eigenvalue weighted by Gasteiger charge is -2.21. The molecule has 0 saturated carbocycles. The van der Waals surface area contributed by atoms with Crippen LogP contribution in [0.1, 0.15) is 34.5 Å². The maximum Gasteiger partial charge on any atom is 0.322 e. The molecule has 4 heterocycles. The highest BCUT2D eigenvalue weighted by atomic mass is 16.5. The quantitative estimate of drug-likeness (QED) is 0.493. The van der Waals surface area contributed by atoms with Crippen molar-refractivity contribution in [3.8, 4) is 11.4 Å². The van der Waals surface area contributed by atoms with Crippen LogP contribution < -0.4 is 10.6 Å². The Hall–Kier alpha value is -3.72. The number of anilines is 2. The number of carbonyl (C=O) groups excluding carboxylic acids is 1. The van der Waals surface area contributed by atoms with Crippen molar-refractivity contribution in [2.75, 3.05) is 23.8 Å². The van der Waals surface area contributed by atoms with Crippen LogP contribution in [0.25, 0.3) is 17.0 Å². The third-order valence-electron chi connectivity index (χ3n) is 5.61. The SMILES string of the molecule is Cc1ccc2ncc(C(=O)Nc3cc(-c4noc(NC5CCOCC5)n4)ccc3C)n2c1. The molecule has 0 atom stereocenters. The van der Waals surface area contributed by atoms with Crippen LogP contribution in [-0.4, -0.2) is 44.7 Å². The molecule has 164 valence electrons. The standard InChI is InChI=1S/C23H24N6O3/c1-14-3-6-20-24-12-19(29(20)13-14)22(30)26-18-11-16(5-4-15(18)2)21-27-23(32-28-21)25-17-7-9-31-10-8-17/h3-6,11-13,17H,7-10H2,1-2H3,(H,26,30)(H,25,27,28). The predicted molar refractivity (Wildman–Crippen MR) is 120 cm³/mol. The number of pyridine rings is 1. The largest absolute Gasteiger partial charge is 0.381 e. The summed E-state index contributed by atoms with van der Waals surface area (Å²) in [7, 11) is 0. The number of carbonyl (C=O) groups is 1. The van der Waals surface area contributed by atoms with Crippen LogP contribution in [0.2, 0.25) is 0 Å². The molecule has 4 aromatic rings. The highest BCUT2D eigenvalue weighted by Crippen LogP contribution is 2.25. The maximum atomic E-state index is 13.0. The summed E-state index contributed by atoms with van der Waals surface area (Å²) in [6.45, 7) is 5.37. The zero-order chi connectivity index (χ0) is 22.1. The Morgan fingerprint density at radius 1 is 1.16 bits per heavy atom. The fraction of sp³-hybridized carbons (Fsp3) is 0.304. The molecule has 1 aliphatic heterocycles. The number of nitrogens with zero attached hydrogens (tertiary/aromatic N) is 4. The number of hydrogen-bond acceptors (Lipinski definition) is 7. The van der Waals surface area contributed by atoms with Crippen molar-refractivity contribution in [1.82, 2.24) is 19.5 Å². The number of aryl methyl sites for hydroxylation is 2. The zero-order valence-corrected chi connectivity index (χ0v) is 18.0. The Kier molecular flexibility index (Phi) is 5.32. The van der Waals surface area contributed by atoms with Gasteiger partial charge < -0.3 is 19.9 Å². The summed E-state index contributed by atoms with van der Waals surface area (Å²) >= 11 is 0. The van der Waals surface area contributed by atoms with Gasteiger partial charge in [0.2, 0.25) is 5.82 Å². The van der Waals surface area contributed by atoms with Crippen LogP contribution in [0.5, 0.6) is 0 Å². The lowest BCUT2D eigenvalue weighted by Crippen LogP contribution is -2.27. The molecule has 5 rings (SSSR count). The van der Waals surface area contributed by atoms with Crippen LogP contribution in [0.4, 0.5) is 11.7 Å². The van der Waals surface area contributed by atoms with Crippen LogP contribution in [0, 0.1) is 13.8 Å². The van der Waals surface area contributed by atoms with Crippen molar-refractivity contribution in [2.45, 2.75) is 32.7 Å². The van der Waals surface area contributed by atoms with Crippen LogP contribution in [0.15, 0.2) is 47.2 Å². The lowest BCUT2D eigenvalue weighted by molar-refractivity contribution is 0.0898. The number of rotatable bonds is 5. The van der Waals surface area contributed by atoms with E-state index in [9.17, 15) is 4.79 Å². The molecule has 9 nitrogen and oxygen atoms in total. The summed E-state index contributed by atoms with van der Waals surface area (Å²) in [6, 6.07) is 10.2. The third-order valence-corrected chi connectivity index (χ3v) is 5.61. The molecular formula is C23H24N6O3. The van der Waals surface area contributed by atoms with Gasteiger partial charge in [-0.15, -0.1) is 0 Å². The van der Waals surface area contributed by atoms with E-state index in [1.807, 2.05) is 50.4 Å². The second kappa shape index (κ2) is 8.43. The average Bonchev–Trinajstić information content (AvgIpc) is 3.43. The van der Waals surface area contributed by atoms with Gasteiger partial charge in [0.1, 0.15) is 11.3 Å². The summed E-state index contributed by atoms with van der Waals surface area (Å²) in [5.41, 5.74) is 4.60. The second-order valence-corrected chi connectivity index (χ2v) is 8.02. The fourth-order valence-electron chi connectivity index (χ4n) is 3.75. The van der Waals surface area contributed by atoms with Gasteiger partial charge in [0, 0.05) is 36.7 Å². The normalized spacial score (nSPS) is 14.6. The summed E-state index contributed by atoms with van der Waals surface area (Å²) in [4.78, 5) is 21.8. The molecule has 9 heteroatoms. The van der Waals surface area contributed by atoms with Gasteiger partial charge in [-0.05, 0) is 49.9 Å². The minimum Gasteiger partial charge on any atom is -0.381 e. The molecule has 0 radical (unpaired) electrons. The van der Waals surface area contributed by atoms with Crippen LogP contribution >= 0.6 is 0 Å².